The number of aromatic nitrogens is 1. The fourth-order valence-electron chi connectivity index (χ4n) is 3.58. The molecule has 2 heterocycles. The van der Waals surface area contributed by atoms with Crippen molar-refractivity contribution in [3.8, 4) is 0 Å². The van der Waals surface area contributed by atoms with Crippen molar-refractivity contribution < 1.29 is 9.53 Å². The highest BCUT2D eigenvalue weighted by Gasteiger charge is 2.32. The molecule has 1 aromatic heterocycles. The number of nitrogens with one attached hydrogen (secondary N) is 1. The summed E-state index contributed by atoms with van der Waals surface area (Å²) in [5.41, 5.74) is 4.59. The number of carbonyl (C=O) groups excluding carboxylic acids is 1. The average molecular weight is 345 g/mol. The van der Waals surface area contributed by atoms with E-state index in [2.05, 4.69) is 23.7 Å². The van der Waals surface area contributed by atoms with Crippen LogP contribution < -0.4 is 0 Å². The summed E-state index contributed by atoms with van der Waals surface area (Å²) in [5, 5.41) is 0. The van der Waals surface area contributed by atoms with Gasteiger partial charge in [0.1, 0.15) is 0 Å². The van der Waals surface area contributed by atoms with Gasteiger partial charge in [-0.15, -0.1) is 12.4 Å². The second-order valence-electron chi connectivity index (χ2n) is 5.95. The van der Waals surface area contributed by atoms with E-state index in [1.165, 1.54) is 17.0 Å². The molecule has 0 radical (unpaired) electrons. The summed E-state index contributed by atoms with van der Waals surface area (Å²) < 4.78 is 5.38. The van der Waals surface area contributed by atoms with Crippen molar-refractivity contribution in [2.45, 2.75) is 33.1 Å². The van der Waals surface area contributed by atoms with Gasteiger partial charge in [0.05, 0.1) is 13.2 Å². The number of morpholine rings is 1. The van der Waals surface area contributed by atoms with Crippen molar-refractivity contribution >= 4 is 29.2 Å². The third-order valence-corrected chi connectivity index (χ3v) is 4.69. The van der Waals surface area contributed by atoms with Crippen molar-refractivity contribution in [3.63, 3.8) is 0 Å². The number of H-pyrrole nitrogens is 1. The van der Waals surface area contributed by atoms with Gasteiger partial charge in [0, 0.05) is 42.5 Å². The minimum atomic E-state index is 0. The van der Waals surface area contributed by atoms with E-state index in [1.54, 1.807) is 0 Å². The normalized spacial score (nSPS) is 21.7. The molecule has 1 unspecified atom stereocenters. The molecule has 2 aliphatic rings. The van der Waals surface area contributed by atoms with E-state index in [-0.39, 0.29) is 29.3 Å². The molecule has 0 bridgehead atoms. The number of ketones is 1. The van der Waals surface area contributed by atoms with E-state index < -0.39 is 0 Å². The fraction of sp³-hybridized carbons (Fsp3) is 0.688. The lowest BCUT2D eigenvalue weighted by molar-refractivity contribution is 0.0291. The van der Waals surface area contributed by atoms with Crippen LogP contribution >= 0.6 is 12.4 Å². The molecule has 3 rings (SSSR count). The Bertz CT molecular complexity index is 512. The predicted octanol–water partition coefficient (Wildman–Crippen LogP) is 0.933. The van der Waals surface area contributed by atoms with Crippen LogP contribution in [0, 0.1) is 12.8 Å². The first-order valence-corrected chi connectivity index (χ1v) is 7.75. The highest BCUT2D eigenvalue weighted by atomic mass is 35.5. The average Bonchev–Trinajstić information content (AvgIpc) is 2.79. The first-order valence-electron chi connectivity index (χ1n) is 7.75. The number of hydrogen-bond donors (Lipinski definition) is 1. The SMILES string of the molecule is CCc1c(C)[nH]c2c1C(=O)C(CN1CCOCC1)CC2.Cl.[SiH4]. The van der Waals surface area contributed by atoms with Crippen LogP contribution in [0.15, 0.2) is 0 Å². The number of carbonyl (C=O) groups is 1. The molecule has 126 valence electrons. The third kappa shape index (κ3) is 3.64. The zero-order chi connectivity index (χ0) is 14.1. The predicted molar refractivity (Wildman–Crippen MR) is 96.9 cm³/mol. The number of aryl methyl sites for hydroxylation is 2. The van der Waals surface area contributed by atoms with Gasteiger partial charge in [-0.2, -0.15) is 0 Å². The number of halogens is 1. The monoisotopic (exact) mass is 344 g/mol. The maximum absolute atomic E-state index is 12.8. The Hall–Kier alpha value is -0.623. The van der Waals surface area contributed by atoms with Crippen LogP contribution in [-0.4, -0.2) is 59.5 Å². The first kappa shape index (κ1) is 19.4. The van der Waals surface area contributed by atoms with Crippen LogP contribution in [0.5, 0.6) is 0 Å². The number of nitrogens with zero attached hydrogens (tertiary/aromatic N) is 1. The highest BCUT2D eigenvalue weighted by molar-refractivity contribution is 6.01. The molecule has 6 heteroatoms. The Balaban J connectivity index is 0.00000121. The van der Waals surface area contributed by atoms with Gasteiger partial charge in [-0.05, 0) is 42.7 Å². The zero-order valence-corrected chi connectivity index (χ0v) is 13.7. The van der Waals surface area contributed by atoms with Gasteiger partial charge >= 0.3 is 0 Å². The largest absolute Gasteiger partial charge is 0.379 e. The topological polar surface area (TPSA) is 45.3 Å². The number of aromatic amines is 1. The summed E-state index contributed by atoms with van der Waals surface area (Å²) in [6.45, 7) is 8.64. The van der Waals surface area contributed by atoms with Crippen LogP contribution in [0.1, 0.15) is 40.7 Å². The second-order valence-corrected chi connectivity index (χ2v) is 5.95. The molecule has 1 atom stereocenters. The molecule has 1 N–H and O–H groups in total. The van der Waals surface area contributed by atoms with Crippen LogP contribution in [0.3, 0.4) is 0 Å². The lowest BCUT2D eigenvalue weighted by Crippen LogP contribution is -2.42. The Morgan fingerprint density at radius 2 is 2.00 bits per heavy atom. The molecule has 1 fully saturated rings. The van der Waals surface area contributed by atoms with E-state index in [9.17, 15) is 4.79 Å². The molecule has 0 spiro atoms. The summed E-state index contributed by atoms with van der Waals surface area (Å²) in [6.07, 6.45) is 2.93. The molecular weight excluding hydrogens is 316 g/mol. The van der Waals surface area contributed by atoms with Gasteiger partial charge in [0.2, 0.25) is 0 Å². The van der Waals surface area contributed by atoms with Gasteiger partial charge in [0.15, 0.2) is 5.78 Å². The van der Waals surface area contributed by atoms with Crippen molar-refractivity contribution in [3.05, 3.63) is 22.5 Å². The van der Waals surface area contributed by atoms with Gasteiger partial charge in [-0.3, -0.25) is 9.69 Å². The smallest absolute Gasteiger partial charge is 0.169 e. The Morgan fingerprint density at radius 1 is 1.32 bits per heavy atom. The molecule has 1 aliphatic heterocycles. The molecule has 0 saturated carbocycles. The first-order chi connectivity index (χ1) is 9.70. The molecule has 22 heavy (non-hydrogen) atoms. The number of hydrogen-bond acceptors (Lipinski definition) is 3. The van der Waals surface area contributed by atoms with Gasteiger partial charge in [0.25, 0.3) is 0 Å². The van der Waals surface area contributed by atoms with Crippen molar-refractivity contribution in [2.75, 3.05) is 32.8 Å². The molecule has 0 aromatic carbocycles. The number of Topliss-reactive ketones (excluding diaryl/α,β-unsaturated/α-hetero) is 1. The van der Waals surface area contributed by atoms with Crippen molar-refractivity contribution in [1.29, 1.82) is 0 Å². The maximum Gasteiger partial charge on any atom is 0.169 e. The second kappa shape index (κ2) is 8.29. The van der Waals surface area contributed by atoms with E-state index in [4.69, 9.17) is 4.74 Å². The number of rotatable bonds is 3. The van der Waals surface area contributed by atoms with Crippen LogP contribution in [0.25, 0.3) is 0 Å². The summed E-state index contributed by atoms with van der Waals surface area (Å²) >= 11 is 0. The Morgan fingerprint density at radius 3 is 2.64 bits per heavy atom. The van der Waals surface area contributed by atoms with Crippen LogP contribution in [-0.2, 0) is 17.6 Å². The van der Waals surface area contributed by atoms with Crippen LogP contribution in [0.4, 0.5) is 0 Å². The van der Waals surface area contributed by atoms with Gasteiger partial charge in [-0.1, -0.05) is 6.92 Å². The van der Waals surface area contributed by atoms with Gasteiger partial charge < -0.3 is 9.72 Å². The lowest BCUT2D eigenvalue weighted by atomic mass is 9.83. The van der Waals surface area contributed by atoms with Crippen molar-refractivity contribution in [1.82, 2.24) is 9.88 Å². The minimum absolute atomic E-state index is 0. The maximum atomic E-state index is 12.8. The number of fused-ring (bicyclic) bond motifs is 1. The number of ether oxygens (including phenoxy) is 1. The third-order valence-electron chi connectivity index (χ3n) is 4.69. The summed E-state index contributed by atoms with van der Waals surface area (Å²) in [5.74, 6) is 0.528. The van der Waals surface area contributed by atoms with Gasteiger partial charge in [-0.25, -0.2) is 0 Å². The molecule has 4 nitrogen and oxygen atoms in total. The van der Waals surface area contributed by atoms with E-state index >= 15 is 0 Å². The molecule has 0 amide bonds. The Kier molecular flexibility index (Phi) is 7.32. The Labute approximate surface area is 143 Å². The van der Waals surface area contributed by atoms with E-state index in [0.717, 1.165) is 57.7 Å². The molecule has 1 aromatic rings. The molecule has 1 saturated heterocycles. The van der Waals surface area contributed by atoms with E-state index in [0.29, 0.717) is 5.78 Å². The fourth-order valence-corrected chi connectivity index (χ4v) is 3.58. The summed E-state index contributed by atoms with van der Waals surface area (Å²) in [4.78, 5) is 18.6. The zero-order valence-electron chi connectivity index (χ0n) is 12.9. The quantitative estimate of drug-likeness (QED) is 0.830. The standard InChI is InChI=1S/C16H24N2O2.ClH.H4Si/c1-3-13-11(2)17-14-5-4-12(16(19)15(13)14)10-18-6-8-20-9-7-18;;/h12,17H,3-10H2,1-2H3;1H;1H4. The molecule has 1 aliphatic carbocycles. The van der Waals surface area contributed by atoms with Crippen molar-refractivity contribution in [2.24, 2.45) is 5.92 Å². The highest BCUT2D eigenvalue weighted by Crippen LogP contribution is 2.30. The van der Waals surface area contributed by atoms with Crippen LogP contribution in [0.2, 0.25) is 0 Å². The molecular formula is C16H29ClN2O2Si. The van der Waals surface area contributed by atoms with E-state index in [1.807, 2.05) is 0 Å². The lowest BCUT2D eigenvalue weighted by Gasteiger charge is -2.31. The summed E-state index contributed by atoms with van der Waals surface area (Å²) in [7, 11) is 0. The minimum Gasteiger partial charge on any atom is -0.379 e. The summed E-state index contributed by atoms with van der Waals surface area (Å²) in [6, 6.07) is 0.